The normalized spacial score (nSPS) is 16.4. The summed E-state index contributed by atoms with van der Waals surface area (Å²) in [6.07, 6.45) is 12.2. The molecular weight excluding hydrogens is 270 g/mol. The number of aromatic nitrogens is 5. The molecule has 8 heteroatoms. The highest BCUT2D eigenvalue weighted by molar-refractivity contribution is 5.28. The fourth-order valence-corrected chi connectivity index (χ4v) is 2.46. The third-order valence-electron chi connectivity index (χ3n) is 3.54. The molecule has 1 fully saturated rings. The summed E-state index contributed by atoms with van der Waals surface area (Å²) in [7, 11) is 0. The van der Waals surface area contributed by atoms with Gasteiger partial charge in [-0.3, -0.25) is 9.99 Å². The number of nitrogens with one attached hydrogen (secondary N) is 1. The monoisotopic (exact) mass is 289 g/mol. The van der Waals surface area contributed by atoms with Gasteiger partial charge in [-0.1, -0.05) is 12.8 Å². The molecule has 0 amide bonds. The van der Waals surface area contributed by atoms with Crippen LogP contribution in [0.4, 0.5) is 5.95 Å². The summed E-state index contributed by atoms with van der Waals surface area (Å²) >= 11 is 0. The minimum absolute atomic E-state index is 0.163. The maximum absolute atomic E-state index is 5.92. The van der Waals surface area contributed by atoms with Gasteiger partial charge in [-0.05, 0) is 25.7 Å². The number of anilines is 1. The largest absolute Gasteiger partial charge is 0.460 e. The number of nitrogens with two attached hydrogens (primary N) is 1. The molecule has 8 nitrogen and oxygen atoms in total. The van der Waals surface area contributed by atoms with Gasteiger partial charge < -0.3 is 4.74 Å². The SMILES string of the molecule is NNc1nc(OC2CCCCCC2)nc(-n2ccnc2)n1. The van der Waals surface area contributed by atoms with Gasteiger partial charge in [0.05, 0.1) is 0 Å². The van der Waals surface area contributed by atoms with Crippen molar-refractivity contribution in [2.24, 2.45) is 5.84 Å². The smallest absolute Gasteiger partial charge is 0.323 e. The summed E-state index contributed by atoms with van der Waals surface area (Å²) in [5.41, 5.74) is 2.44. The number of nitrogens with zero attached hydrogens (tertiary/aromatic N) is 5. The van der Waals surface area contributed by atoms with Gasteiger partial charge in [-0.25, -0.2) is 10.8 Å². The lowest BCUT2D eigenvalue weighted by molar-refractivity contribution is 0.168. The Labute approximate surface area is 122 Å². The molecule has 2 heterocycles. The summed E-state index contributed by atoms with van der Waals surface area (Å²) in [4.78, 5) is 16.7. The van der Waals surface area contributed by atoms with Gasteiger partial charge in [0.25, 0.3) is 0 Å². The van der Waals surface area contributed by atoms with Crippen molar-refractivity contribution in [3.63, 3.8) is 0 Å². The number of rotatable bonds is 4. The Balaban J connectivity index is 1.82. The average Bonchev–Trinajstić information content (AvgIpc) is 2.93. The van der Waals surface area contributed by atoms with E-state index >= 15 is 0 Å². The van der Waals surface area contributed by atoms with E-state index < -0.39 is 0 Å². The van der Waals surface area contributed by atoms with Crippen molar-refractivity contribution in [3.8, 4) is 12.0 Å². The van der Waals surface area contributed by atoms with Crippen molar-refractivity contribution in [1.82, 2.24) is 24.5 Å². The third-order valence-corrected chi connectivity index (χ3v) is 3.54. The molecule has 21 heavy (non-hydrogen) atoms. The standard InChI is InChI=1S/C13H19N7O/c14-19-11-16-12(20-8-7-15-9-20)18-13(17-11)21-10-5-3-1-2-4-6-10/h7-10H,1-6,14H2,(H,16,17,18,19). The van der Waals surface area contributed by atoms with Gasteiger partial charge in [0.15, 0.2) is 0 Å². The maximum Gasteiger partial charge on any atom is 0.323 e. The lowest BCUT2D eigenvalue weighted by atomic mass is 10.2. The molecular formula is C13H19N7O. The first-order valence-corrected chi connectivity index (χ1v) is 7.23. The fraction of sp³-hybridized carbons (Fsp3) is 0.538. The minimum Gasteiger partial charge on any atom is -0.460 e. The fourth-order valence-electron chi connectivity index (χ4n) is 2.46. The molecule has 0 aromatic carbocycles. The van der Waals surface area contributed by atoms with Crippen LogP contribution >= 0.6 is 0 Å². The Bertz CT molecular complexity index is 564. The maximum atomic E-state index is 5.92. The molecule has 0 aliphatic heterocycles. The average molecular weight is 289 g/mol. The summed E-state index contributed by atoms with van der Waals surface area (Å²) in [6.45, 7) is 0. The van der Waals surface area contributed by atoms with Crippen molar-refractivity contribution < 1.29 is 4.74 Å². The minimum atomic E-state index is 0.163. The number of hydrogen-bond acceptors (Lipinski definition) is 7. The predicted octanol–water partition coefficient (Wildman–Crippen LogP) is 1.44. The topological polar surface area (TPSA) is 104 Å². The highest BCUT2D eigenvalue weighted by atomic mass is 16.5. The number of ether oxygens (including phenoxy) is 1. The zero-order valence-corrected chi connectivity index (χ0v) is 11.8. The lowest BCUT2D eigenvalue weighted by Crippen LogP contribution is -2.19. The van der Waals surface area contributed by atoms with Gasteiger partial charge in [0, 0.05) is 12.4 Å². The van der Waals surface area contributed by atoms with Crippen LogP contribution < -0.4 is 16.0 Å². The van der Waals surface area contributed by atoms with Gasteiger partial charge in [-0.15, -0.1) is 0 Å². The molecule has 0 bridgehead atoms. The molecule has 0 atom stereocenters. The van der Waals surface area contributed by atoms with E-state index in [9.17, 15) is 0 Å². The summed E-state index contributed by atoms with van der Waals surface area (Å²) in [5.74, 6) is 6.12. The molecule has 1 aliphatic carbocycles. The van der Waals surface area contributed by atoms with Crippen molar-refractivity contribution >= 4 is 5.95 Å². The second-order valence-corrected chi connectivity index (χ2v) is 5.09. The van der Waals surface area contributed by atoms with E-state index in [1.165, 1.54) is 25.7 Å². The van der Waals surface area contributed by atoms with E-state index in [-0.39, 0.29) is 12.1 Å². The van der Waals surface area contributed by atoms with Crippen LogP contribution in [0.15, 0.2) is 18.7 Å². The van der Waals surface area contributed by atoms with E-state index in [1.54, 1.807) is 23.3 Å². The van der Waals surface area contributed by atoms with Crippen LogP contribution in [0.1, 0.15) is 38.5 Å². The van der Waals surface area contributed by atoms with Crippen LogP contribution in [-0.2, 0) is 0 Å². The van der Waals surface area contributed by atoms with Crippen molar-refractivity contribution in [2.75, 3.05) is 5.43 Å². The summed E-state index contributed by atoms with van der Waals surface area (Å²) in [5, 5.41) is 0. The molecule has 0 spiro atoms. The van der Waals surface area contributed by atoms with Crippen LogP contribution in [0.5, 0.6) is 6.01 Å². The summed E-state index contributed by atoms with van der Waals surface area (Å²) in [6, 6.07) is 0.300. The van der Waals surface area contributed by atoms with Gasteiger partial charge in [0.2, 0.25) is 11.9 Å². The van der Waals surface area contributed by atoms with Crippen LogP contribution in [0, 0.1) is 0 Å². The molecule has 0 unspecified atom stereocenters. The molecule has 0 radical (unpaired) electrons. The van der Waals surface area contributed by atoms with Crippen LogP contribution in [0.2, 0.25) is 0 Å². The van der Waals surface area contributed by atoms with E-state index in [2.05, 4.69) is 25.4 Å². The zero-order chi connectivity index (χ0) is 14.5. The van der Waals surface area contributed by atoms with Gasteiger partial charge >= 0.3 is 6.01 Å². The highest BCUT2D eigenvalue weighted by Gasteiger charge is 2.17. The quantitative estimate of drug-likeness (QED) is 0.498. The Morgan fingerprint density at radius 3 is 2.62 bits per heavy atom. The van der Waals surface area contributed by atoms with E-state index in [0.717, 1.165) is 12.8 Å². The summed E-state index contributed by atoms with van der Waals surface area (Å²) < 4.78 is 7.61. The second-order valence-electron chi connectivity index (χ2n) is 5.09. The molecule has 2 aromatic heterocycles. The molecule has 2 aromatic rings. The highest BCUT2D eigenvalue weighted by Crippen LogP contribution is 2.21. The zero-order valence-electron chi connectivity index (χ0n) is 11.8. The van der Waals surface area contributed by atoms with Crippen molar-refractivity contribution in [2.45, 2.75) is 44.6 Å². The Morgan fingerprint density at radius 1 is 1.14 bits per heavy atom. The number of imidazole rings is 1. The molecule has 3 rings (SSSR count). The number of nitrogen functional groups attached to an aromatic ring is 1. The van der Waals surface area contributed by atoms with E-state index in [1.807, 2.05) is 0 Å². The Kier molecular flexibility index (Phi) is 4.25. The van der Waals surface area contributed by atoms with Gasteiger partial charge in [-0.2, -0.15) is 15.0 Å². The molecule has 1 saturated carbocycles. The predicted molar refractivity (Wildman–Crippen MR) is 76.9 cm³/mol. The Hall–Kier alpha value is -2.22. The van der Waals surface area contributed by atoms with Crippen molar-refractivity contribution in [3.05, 3.63) is 18.7 Å². The lowest BCUT2D eigenvalue weighted by Gasteiger charge is -2.16. The van der Waals surface area contributed by atoms with Crippen LogP contribution in [0.3, 0.4) is 0 Å². The van der Waals surface area contributed by atoms with Crippen LogP contribution in [0.25, 0.3) is 5.95 Å². The molecule has 112 valence electrons. The second kappa shape index (κ2) is 6.49. The Morgan fingerprint density at radius 2 is 1.95 bits per heavy atom. The third kappa shape index (κ3) is 3.46. The first-order chi connectivity index (χ1) is 10.3. The molecule has 3 N–H and O–H groups in total. The first kappa shape index (κ1) is 13.7. The number of hydrogen-bond donors (Lipinski definition) is 2. The van der Waals surface area contributed by atoms with Crippen LogP contribution in [-0.4, -0.2) is 30.6 Å². The molecule has 0 saturated heterocycles. The van der Waals surface area contributed by atoms with Crippen molar-refractivity contribution in [1.29, 1.82) is 0 Å². The van der Waals surface area contributed by atoms with E-state index in [0.29, 0.717) is 12.0 Å². The van der Waals surface area contributed by atoms with Gasteiger partial charge in [0.1, 0.15) is 12.4 Å². The number of hydrazine groups is 1. The first-order valence-electron chi connectivity index (χ1n) is 7.23. The van der Waals surface area contributed by atoms with E-state index in [4.69, 9.17) is 10.6 Å². The molecule has 1 aliphatic rings.